The van der Waals surface area contributed by atoms with Crippen molar-refractivity contribution in [1.29, 1.82) is 0 Å². The van der Waals surface area contributed by atoms with Crippen LogP contribution in [0.2, 0.25) is 0 Å². The highest BCUT2D eigenvalue weighted by atomic mass is 16.3. The van der Waals surface area contributed by atoms with E-state index in [9.17, 15) is 0 Å². The molecule has 0 aliphatic heterocycles. The zero-order valence-corrected chi connectivity index (χ0v) is 23.2. The van der Waals surface area contributed by atoms with Gasteiger partial charge in [-0.25, -0.2) is 15.0 Å². The molecule has 8 rings (SSSR count). The molecule has 0 amide bonds. The zero-order valence-electron chi connectivity index (χ0n) is 23.2. The van der Waals surface area contributed by atoms with Gasteiger partial charge in [-0.2, -0.15) is 0 Å². The minimum Gasteiger partial charge on any atom is -0.456 e. The van der Waals surface area contributed by atoms with Crippen LogP contribution in [0, 0.1) is 0 Å². The van der Waals surface area contributed by atoms with Gasteiger partial charge in [-0.3, -0.25) is 0 Å². The third-order valence-electron chi connectivity index (χ3n) is 7.72. The van der Waals surface area contributed by atoms with E-state index in [0.29, 0.717) is 17.5 Å². The number of hydrogen-bond donors (Lipinski definition) is 0. The first kappa shape index (κ1) is 24.9. The van der Waals surface area contributed by atoms with Crippen LogP contribution in [0.15, 0.2) is 156 Å². The Morgan fingerprint density at radius 3 is 1.51 bits per heavy atom. The molecule has 0 fully saturated rings. The fourth-order valence-corrected chi connectivity index (χ4v) is 5.65. The van der Waals surface area contributed by atoms with Gasteiger partial charge in [0.1, 0.15) is 11.2 Å². The second-order valence-corrected chi connectivity index (χ2v) is 10.5. The van der Waals surface area contributed by atoms with E-state index in [-0.39, 0.29) is 0 Å². The first-order chi connectivity index (χ1) is 21.3. The molecular weight excluding hydrogens is 526 g/mol. The molecule has 0 aliphatic carbocycles. The summed E-state index contributed by atoms with van der Waals surface area (Å²) in [6.07, 6.45) is 0. The topological polar surface area (TPSA) is 51.8 Å². The highest BCUT2D eigenvalue weighted by molar-refractivity contribution is 6.13. The van der Waals surface area contributed by atoms with Gasteiger partial charge in [-0.1, -0.05) is 127 Å². The average Bonchev–Trinajstić information content (AvgIpc) is 3.47. The number of fused-ring (bicyclic) bond motifs is 3. The lowest BCUT2D eigenvalue weighted by atomic mass is 9.94. The van der Waals surface area contributed by atoms with E-state index < -0.39 is 0 Å². The lowest BCUT2D eigenvalue weighted by molar-refractivity contribution is 0.669. The molecule has 202 valence electrons. The van der Waals surface area contributed by atoms with Crippen LogP contribution in [-0.2, 0) is 0 Å². The summed E-state index contributed by atoms with van der Waals surface area (Å²) in [7, 11) is 0. The molecule has 0 atom stereocenters. The summed E-state index contributed by atoms with van der Waals surface area (Å²) < 4.78 is 6.45. The van der Waals surface area contributed by atoms with Crippen LogP contribution in [0.4, 0.5) is 0 Å². The van der Waals surface area contributed by atoms with E-state index in [1.807, 2.05) is 78.9 Å². The first-order valence-corrected chi connectivity index (χ1v) is 14.3. The number of hydrogen-bond acceptors (Lipinski definition) is 4. The van der Waals surface area contributed by atoms with Crippen molar-refractivity contribution in [1.82, 2.24) is 15.0 Å². The number of rotatable bonds is 5. The SMILES string of the molecule is c1ccc(-c2cccc(-c3cc(-c4nc(-c5ccccc5)nc(-c5ccccc5)n4)cc4oc5ccccc5c34)c2)cc1. The van der Waals surface area contributed by atoms with Crippen LogP contribution in [0.5, 0.6) is 0 Å². The second kappa shape index (κ2) is 10.5. The third kappa shape index (κ3) is 4.65. The normalized spacial score (nSPS) is 11.3. The summed E-state index contributed by atoms with van der Waals surface area (Å²) in [5.41, 5.74) is 8.87. The molecule has 2 heterocycles. The largest absolute Gasteiger partial charge is 0.456 e. The Balaban J connectivity index is 1.39. The molecule has 4 heteroatoms. The predicted molar refractivity (Wildman–Crippen MR) is 174 cm³/mol. The molecular formula is C39H25N3O. The Hall–Kier alpha value is -5.87. The molecule has 0 saturated carbocycles. The summed E-state index contributed by atoms with van der Waals surface area (Å²) in [4.78, 5) is 14.9. The molecule has 0 N–H and O–H groups in total. The Morgan fingerprint density at radius 2 is 0.860 bits per heavy atom. The Labute approximate surface area is 249 Å². The number of furan rings is 1. The molecule has 0 saturated heterocycles. The summed E-state index contributed by atoms with van der Waals surface area (Å²) in [5, 5.41) is 2.15. The van der Waals surface area contributed by atoms with E-state index in [0.717, 1.165) is 55.3 Å². The maximum atomic E-state index is 6.45. The van der Waals surface area contributed by atoms with Crippen LogP contribution in [0.3, 0.4) is 0 Å². The van der Waals surface area contributed by atoms with E-state index in [1.165, 1.54) is 5.56 Å². The quantitative estimate of drug-likeness (QED) is 0.214. The van der Waals surface area contributed by atoms with E-state index in [1.54, 1.807) is 0 Å². The second-order valence-electron chi connectivity index (χ2n) is 10.5. The van der Waals surface area contributed by atoms with Gasteiger partial charge in [-0.15, -0.1) is 0 Å². The van der Waals surface area contributed by atoms with Crippen molar-refractivity contribution >= 4 is 21.9 Å². The van der Waals surface area contributed by atoms with Crippen LogP contribution in [0.1, 0.15) is 0 Å². The van der Waals surface area contributed by atoms with Crippen LogP contribution >= 0.6 is 0 Å². The molecule has 4 nitrogen and oxygen atoms in total. The lowest BCUT2D eigenvalue weighted by Gasteiger charge is -2.11. The monoisotopic (exact) mass is 551 g/mol. The van der Waals surface area contributed by atoms with E-state index in [2.05, 4.69) is 72.8 Å². The zero-order chi connectivity index (χ0) is 28.6. The number of nitrogens with zero attached hydrogens (tertiary/aromatic N) is 3. The number of aromatic nitrogens is 3. The lowest BCUT2D eigenvalue weighted by Crippen LogP contribution is -2.00. The summed E-state index contributed by atoms with van der Waals surface area (Å²) in [5.74, 6) is 1.85. The Morgan fingerprint density at radius 1 is 0.349 bits per heavy atom. The van der Waals surface area contributed by atoms with Crippen molar-refractivity contribution < 1.29 is 4.42 Å². The number of benzene rings is 6. The van der Waals surface area contributed by atoms with Crippen LogP contribution < -0.4 is 0 Å². The molecule has 6 aromatic carbocycles. The summed E-state index contributed by atoms with van der Waals surface area (Å²) in [6, 6.07) is 51.6. The van der Waals surface area contributed by atoms with Gasteiger partial charge in [0.25, 0.3) is 0 Å². The van der Waals surface area contributed by atoms with Gasteiger partial charge in [0, 0.05) is 27.5 Å². The van der Waals surface area contributed by atoms with E-state index >= 15 is 0 Å². The van der Waals surface area contributed by atoms with Gasteiger partial charge in [0.2, 0.25) is 0 Å². The van der Waals surface area contributed by atoms with Gasteiger partial charge in [0.05, 0.1) is 0 Å². The molecule has 2 aromatic heterocycles. The Kier molecular flexibility index (Phi) is 6.08. The minimum absolute atomic E-state index is 0.593. The minimum atomic E-state index is 0.593. The van der Waals surface area contributed by atoms with Crippen molar-refractivity contribution in [3.05, 3.63) is 152 Å². The average molecular weight is 552 g/mol. The maximum Gasteiger partial charge on any atom is 0.164 e. The smallest absolute Gasteiger partial charge is 0.164 e. The fourth-order valence-electron chi connectivity index (χ4n) is 5.65. The predicted octanol–water partition coefficient (Wildman–Crippen LogP) is 10.1. The molecule has 8 aromatic rings. The standard InChI is InChI=1S/C39H25N3O/c1-4-13-26(14-5-1)29-19-12-20-30(23-29)33-24-31(25-35-36(33)32-21-10-11-22-34(32)43-35)39-41-37(27-15-6-2-7-16-27)40-38(42-39)28-17-8-3-9-18-28/h1-25H. The van der Waals surface area contributed by atoms with Crippen molar-refractivity contribution in [2.24, 2.45) is 0 Å². The van der Waals surface area contributed by atoms with Crippen molar-refractivity contribution in [3.63, 3.8) is 0 Å². The van der Waals surface area contributed by atoms with Gasteiger partial charge >= 0.3 is 0 Å². The van der Waals surface area contributed by atoms with Gasteiger partial charge in [0.15, 0.2) is 17.5 Å². The van der Waals surface area contributed by atoms with Crippen molar-refractivity contribution in [2.75, 3.05) is 0 Å². The number of para-hydroxylation sites is 1. The molecule has 0 bridgehead atoms. The maximum absolute atomic E-state index is 6.45. The van der Waals surface area contributed by atoms with Crippen molar-refractivity contribution in [3.8, 4) is 56.4 Å². The van der Waals surface area contributed by atoms with Crippen LogP contribution in [-0.4, -0.2) is 15.0 Å². The molecule has 0 aliphatic rings. The third-order valence-corrected chi connectivity index (χ3v) is 7.72. The highest BCUT2D eigenvalue weighted by Crippen LogP contribution is 2.40. The molecule has 0 spiro atoms. The van der Waals surface area contributed by atoms with Crippen LogP contribution in [0.25, 0.3) is 78.4 Å². The van der Waals surface area contributed by atoms with E-state index in [4.69, 9.17) is 19.4 Å². The molecule has 0 unspecified atom stereocenters. The first-order valence-electron chi connectivity index (χ1n) is 14.3. The van der Waals surface area contributed by atoms with Crippen molar-refractivity contribution in [2.45, 2.75) is 0 Å². The summed E-state index contributed by atoms with van der Waals surface area (Å²) >= 11 is 0. The van der Waals surface area contributed by atoms with Gasteiger partial charge < -0.3 is 4.42 Å². The molecule has 43 heavy (non-hydrogen) atoms. The summed E-state index contributed by atoms with van der Waals surface area (Å²) in [6.45, 7) is 0. The fraction of sp³-hybridized carbons (Fsp3) is 0. The van der Waals surface area contributed by atoms with Gasteiger partial charge in [-0.05, 0) is 46.5 Å². The Bertz CT molecular complexity index is 2170. The highest BCUT2D eigenvalue weighted by Gasteiger charge is 2.18. The molecule has 0 radical (unpaired) electrons.